The molecule has 2 aliphatic heterocycles. The van der Waals surface area contributed by atoms with E-state index in [1.54, 1.807) is 31.2 Å². The maximum Gasteiger partial charge on any atom is 0.284 e. The number of rotatable bonds is 9. The molecule has 0 radical (unpaired) electrons. The second-order valence-electron chi connectivity index (χ2n) is 7.97. The lowest BCUT2D eigenvalue weighted by molar-refractivity contribution is -0.384. The summed E-state index contributed by atoms with van der Waals surface area (Å²) in [5.41, 5.74) is 0.0774. The van der Waals surface area contributed by atoms with Crippen LogP contribution in [0.25, 0.3) is 17.4 Å². The molecule has 1 aromatic heterocycles. The number of aliphatic imine (C=N–C) groups is 1. The molecule has 5 rings (SSSR count). The van der Waals surface area contributed by atoms with Gasteiger partial charge < -0.3 is 13.9 Å². The predicted octanol–water partition coefficient (Wildman–Crippen LogP) is 5.64. The van der Waals surface area contributed by atoms with Gasteiger partial charge in [0.15, 0.2) is 10.2 Å². The molecule has 2 aromatic carbocycles. The van der Waals surface area contributed by atoms with Crippen molar-refractivity contribution in [2.45, 2.75) is 6.92 Å². The number of hydrogen-bond acceptors (Lipinski definition) is 10. The molecule has 0 unspecified atom stereocenters. The quantitative estimate of drug-likeness (QED) is 0.151. The zero-order chi connectivity index (χ0) is 27.4. The molecule has 11 nitrogen and oxygen atoms in total. The molecule has 0 saturated carbocycles. The smallest absolute Gasteiger partial charge is 0.284 e. The second kappa shape index (κ2) is 11.6. The van der Waals surface area contributed by atoms with Crippen LogP contribution in [0.15, 0.2) is 80.7 Å². The zero-order valence-electron chi connectivity index (χ0n) is 20.5. The van der Waals surface area contributed by atoms with E-state index < -0.39 is 10.8 Å². The molecule has 0 bridgehead atoms. The molecule has 1 N–H and O–H groups in total. The summed E-state index contributed by atoms with van der Waals surface area (Å²) in [5.74, 6) is 1.52. The molecule has 0 fully saturated rings. The van der Waals surface area contributed by atoms with E-state index in [2.05, 4.69) is 10.1 Å². The summed E-state index contributed by atoms with van der Waals surface area (Å²) in [7, 11) is 0. The van der Waals surface area contributed by atoms with Gasteiger partial charge in [-0.05, 0) is 61.2 Å². The van der Waals surface area contributed by atoms with Gasteiger partial charge in [-0.1, -0.05) is 30.0 Å². The molecule has 198 valence electrons. The van der Waals surface area contributed by atoms with Crippen LogP contribution in [0, 0.1) is 15.5 Å². The molecule has 3 aromatic rings. The molecule has 0 aliphatic carbocycles. The summed E-state index contributed by atoms with van der Waals surface area (Å²) in [6, 6.07) is 17.1. The Kier molecular flexibility index (Phi) is 7.79. The van der Waals surface area contributed by atoms with E-state index >= 15 is 0 Å². The number of para-hydroxylation sites is 1. The van der Waals surface area contributed by atoms with Gasteiger partial charge in [-0.3, -0.25) is 20.3 Å². The highest BCUT2D eigenvalue weighted by Gasteiger charge is 2.36. The standard InChI is InChI=1S/C26H21N5O6S2/c1-2-35-17-8-10-19(21(15-17)31(33)34)22-11-9-18(37-22)14-20-23(27)30-25(28-24(20)32)39-26(29-30)38-13-12-36-16-6-4-3-5-7-16/h3-11,14-15,27H,2,12-13H2,1H3/b20-14+,27-23?. The number of nitrogens with zero attached hydrogens (tertiary/aromatic N) is 4. The Morgan fingerprint density at radius 3 is 2.74 bits per heavy atom. The van der Waals surface area contributed by atoms with Gasteiger partial charge >= 0.3 is 0 Å². The summed E-state index contributed by atoms with van der Waals surface area (Å²) < 4.78 is 17.5. The first-order valence-corrected chi connectivity index (χ1v) is 13.6. The lowest BCUT2D eigenvalue weighted by atomic mass is 10.1. The van der Waals surface area contributed by atoms with E-state index in [4.69, 9.17) is 19.3 Å². The highest BCUT2D eigenvalue weighted by atomic mass is 32.2. The van der Waals surface area contributed by atoms with Crippen molar-refractivity contribution in [3.63, 3.8) is 0 Å². The minimum atomic E-state index is -0.599. The molecule has 39 heavy (non-hydrogen) atoms. The monoisotopic (exact) mass is 563 g/mol. The van der Waals surface area contributed by atoms with Crippen molar-refractivity contribution in [2.75, 3.05) is 19.0 Å². The fraction of sp³-hybridized carbons (Fsp3) is 0.154. The number of benzene rings is 2. The average molecular weight is 564 g/mol. The molecular formula is C26H21N5O6S2. The maximum atomic E-state index is 12.7. The number of carbonyl (C=O) groups excluding carboxylic acids is 1. The van der Waals surface area contributed by atoms with Crippen molar-refractivity contribution in [1.29, 1.82) is 5.41 Å². The fourth-order valence-electron chi connectivity index (χ4n) is 3.68. The summed E-state index contributed by atoms with van der Waals surface area (Å²) in [6.45, 7) is 2.63. The molecule has 0 spiro atoms. The zero-order valence-corrected chi connectivity index (χ0v) is 22.2. The minimum absolute atomic E-state index is 0.0103. The number of ether oxygens (including phenoxy) is 2. The van der Waals surface area contributed by atoms with Crippen LogP contribution < -0.4 is 9.47 Å². The van der Waals surface area contributed by atoms with Gasteiger partial charge in [0.05, 0.1) is 35.3 Å². The minimum Gasteiger partial charge on any atom is -0.494 e. The number of nitro benzene ring substituents is 1. The summed E-state index contributed by atoms with van der Waals surface area (Å²) in [4.78, 5) is 27.9. The van der Waals surface area contributed by atoms with Gasteiger partial charge in [-0.15, -0.1) is 5.10 Å². The lowest BCUT2D eigenvalue weighted by Crippen LogP contribution is -2.35. The molecule has 3 heterocycles. The third-order valence-electron chi connectivity index (χ3n) is 5.41. The number of amides is 1. The number of amidine groups is 2. The number of furan rings is 1. The third kappa shape index (κ3) is 5.89. The van der Waals surface area contributed by atoms with Crippen LogP contribution in [0.5, 0.6) is 11.5 Å². The molecule has 0 atom stereocenters. The van der Waals surface area contributed by atoms with E-state index in [0.29, 0.717) is 34.3 Å². The highest BCUT2D eigenvalue weighted by Crippen LogP contribution is 2.36. The van der Waals surface area contributed by atoms with E-state index in [-0.39, 0.29) is 34.2 Å². The van der Waals surface area contributed by atoms with Crippen LogP contribution in [0.3, 0.4) is 0 Å². The van der Waals surface area contributed by atoms with Gasteiger partial charge in [-0.25, -0.2) is 0 Å². The second-order valence-corrected chi connectivity index (χ2v) is 10.3. The van der Waals surface area contributed by atoms with Crippen LogP contribution in [0.4, 0.5) is 5.69 Å². The number of hydrogen-bond donors (Lipinski definition) is 1. The van der Waals surface area contributed by atoms with Crippen molar-refractivity contribution >= 4 is 56.6 Å². The van der Waals surface area contributed by atoms with Crippen LogP contribution in [-0.2, 0) is 4.79 Å². The van der Waals surface area contributed by atoms with Gasteiger partial charge in [0.25, 0.3) is 11.6 Å². The molecule has 13 heteroatoms. The highest BCUT2D eigenvalue weighted by molar-refractivity contribution is 8.45. The topological polar surface area (TPSA) is 144 Å². The Balaban J connectivity index is 1.29. The van der Waals surface area contributed by atoms with E-state index in [1.807, 2.05) is 30.3 Å². The fourth-order valence-corrected chi connectivity index (χ4v) is 5.50. The first-order valence-electron chi connectivity index (χ1n) is 11.7. The number of nitro groups is 1. The third-order valence-corrected chi connectivity index (χ3v) is 7.42. The van der Waals surface area contributed by atoms with Gasteiger partial charge in [0.2, 0.25) is 5.17 Å². The largest absolute Gasteiger partial charge is 0.494 e. The van der Waals surface area contributed by atoms with Crippen molar-refractivity contribution in [3.05, 3.63) is 82.1 Å². The van der Waals surface area contributed by atoms with Crippen molar-refractivity contribution in [1.82, 2.24) is 5.01 Å². The molecule has 2 aliphatic rings. The normalized spacial score (nSPS) is 15.7. The summed E-state index contributed by atoms with van der Waals surface area (Å²) in [6.07, 6.45) is 1.38. The Morgan fingerprint density at radius 2 is 1.97 bits per heavy atom. The van der Waals surface area contributed by atoms with Crippen molar-refractivity contribution in [2.24, 2.45) is 10.1 Å². The van der Waals surface area contributed by atoms with E-state index in [1.165, 1.54) is 40.7 Å². The Labute approximate surface area is 231 Å². The number of carbonyl (C=O) groups is 1. The lowest BCUT2D eigenvalue weighted by Gasteiger charge is -2.19. The van der Waals surface area contributed by atoms with Gasteiger partial charge in [0.1, 0.15) is 23.0 Å². The predicted molar refractivity (Wildman–Crippen MR) is 151 cm³/mol. The Hall–Kier alpha value is -4.36. The number of fused-ring (bicyclic) bond motifs is 1. The maximum absolute atomic E-state index is 12.7. The first kappa shape index (κ1) is 26.3. The van der Waals surface area contributed by atoms with E-state index in [9.17, 15) is 14.9 Å². The Morgan fingerprint density at radius 1 is 1.15 bits per heavy atom. The number of nitrogens with one attached hydrogen (secondary N) is 1. The molecule has 0 saturated heterocycles. The summed E-state index contributed by atoms with van der Waals surface area (Å²) >= 11 is 2.66. The van der Waals surface area contributed by atoms with Crippen LogP contribution in [0.1, 0.15) is 12.7 Å². The van der Waals surface area contributed by atoms with Crippen molar-refractivity contribution < 1.29 is 23.6 Å². The molecule has 1 amide bonds. The van der Waals surface area contributed by atoms with Crippen molar-refractivity contribution in [3.8, 4) is 22.8 Å². The Bertz CT molecular complexity index is 1530. The van der Waals surface area contributed by atoms with Crippen LogP contribution >= 0.6 is 23.5 Å². The van der Waals surface area contributed by atoms with Crippen LogP contribution in [-0.4, -0.2) is 50.2 Å². The average Bonchev–Trinajstić information content (AvgIpc) is 3.57. The van der Waals surface area contributed by atoms with E-state index in [0.717, 1.165) is 5.75 Å². The van der Waals surface area contributed by atoms with Crippen LogP contribution in [0.2, 0.25) is 0 Å². The number of thioether (sulfide) groups is 2. The molecular weight excluding hydrogens is 542 g/mol. The number of hydrazone groups is 1. The van der Waals surface area contributed by atoms with Gasteiger partial charge in [-0.2, -0.15) is 10.0 Å². The summed E-state index contributed by atoms with van der Waals surface area (Å²) in [5, 5.41) is 26.2. The SMILES string of the molecule is CCOc1ccc(-c2ccc(/C=C3\C(=N)N4N=C(SCCOc5ccccc5)SC4=NC3=O)o2)c([N+](=O)[O-])c1. The first-order chi connectivity index (χ1) is 18.9. The van der Waals surface area contributed by atoms with Gasteiger partial charge in [0, 0.05) is 5.75 Å².